The molecule has 0 aromatic heterocycles. The summed E-state index contributed by atoms with van der Waals surface area (Å²) in [6.07, 6.45) is -4.74. The van der Waals surface area contributed by atoms with E-state index in [-0.39, 0.29) is 18.3 Å². The number of benzene rings is 2. The first-order valence-electron chi connectivity index (χ1n) is 7.26. The first kappa shape index (κ1) is 18.9. The summed E-state index contributed by atoms with van der Waals surface area (Å²) >= 11 is 5.75. The standard InChI is InChI=1S/C17H15ClF3NO3/c1-11(12-2-6-15(7-3-12)25-17(19,20)21)22-16(23)10-24-14-8-4-13(18)5-9-14/h2-9,11H,10H2,1H3,(H,22,23). The average Bonchev–Trinajstić information content (AvgIpc) is 2.53. The summed E-state index contributed by atoms with van der Waals surface area (Å²) < 4.78 is 45.5. The fourth-order valence-electron chi connectivity index (χ4n) is 2.00. The summed E-state index contributed by atoms with van der Waals surface area (Å²) in [4.78, 5) is 11.9. The van der Waals surface area contributed by atoms with Gasteiger partial charge in [0, 0.05) is 5.02 Å². The maximum atomic E-state index is 12.1. The molecule has 0 radical (unpaired) electrons. The highest BCUT2D eigenvalue weighted by Gasteiger charge is 2.31. The van der Waals surface area contributed by atoms with Crippen LogP contribution in [-0.2, 0) is 4.79 Å². The van der Waals surface area contributed by atoms with Gasteiger partial charge < -0.3 is 14.8 Å². The fourth-order valence-corrected chi connectivity index (χ4v) is 2.13. The van der Waals surface area contributed by atoms with E-state index in [2.05, 4.69) is 10.1 Å². The second-order valence-corrected chi connectivity index (χ2v) is 5.59. The first-order valence-corrected chi connectivity index (χ1v) is 7.64. The summed E-state index contributed by atoms with van der Waals surface area (Å²) in [6.45, 7) is 1.51. The summed E-state index contributed by atoms with van der Waals surface area (Å²) in [5.74, 6) is -0.181. The summed E-state index contributed by atoms with van der Waals surface area (Å²) in [5.41, 5.74) is 0.634. The van der Waals surface area contributed by atoms with Gasteiger partial charge in [0.2, 0.25) is 0 Å². The van der Waals surface area contributed by atoms with Gasteiger partial charge in [-0.25, -0.2) is 0 Å². The highest BCUT2D eigenvalue weighted by Crippen LogP contribution is 2.24. The highest BCUT2D eigenvalue weighted by atomic mass is 35.5. The smallest absolute Gasteiger partial charge is 0.484 e. The molecule has 1 N–H and O–H groups in total. The fraction of sp³-hybridized carbons (Fsp3) is 0.235. The van der Waals surface area contributed by atoms with Crippen LogP contribution in [0.1, 0.15) is 18.5 Å². The van der Waals surface area contributed by atoms with Gasteiger partial charge in [0.25, 0.3) is 5.91 Å². The van der Waals surface area contributed by atoms with Gasteiger partial charge in [0.1, 0.15) is 11.5 Å². The van der Waals surface area contributed by atoms with Gasteiger partial charge in [0.05, 0.1) is 6.04 Å². The van der Waals surface area contributed by atoms with Crippen molar-refractivity contribution in [3.63, 3.8) is 0 Å². The molecule has 134 valence electrons. The normalized spacial score (nSPS) is 12.4. The molecule has 2 aromatic rings. The van der Waals surface area contributed by atoms with Crippen LogP contribution in [-0.4, -0.2) is 18.9 Å². The largest absolute Gasteiger partial charge is 0.573 e. The van der Waals surface area contributed by atoms with E-state index in [9.17, 15) is 18.0 Å². The second kappa shape index (κ2) is 8.11. The van der Waals surface area contributed by atoms with Gasteiger partial charge in [0.15, 0.2) is 6.61 Å². The number of carbonyl (C=O) groups excluding carboxylic acids is 1. The summed E-state index contributed by atoms with van der Waals surface area (Å²) in [7, 11) is 0. The molecule has 8 heteroatoms. The molecular formula is C17H15ClF3NO3. The van der Waals surface area contributed by atoms with E-state index in [1.54, 1.807) is 31.2 Å². The lowest BCUT2D eigenvalue weighted by Gasteiger charge is -2.16. The zero-order valence-electron chi connectivity index (χ0n) is 13.1. The molecule has 0 bridgehead atoms. The molecule has 0 aliphatic carbocycles. The zero-order chi connectivity index (χ0) is 18.4. The van der Waals surface area contributed by atoms with Crippen LogP contribution in [0.3, 0.4) is 0 Å². The number of rotatable bonds is 6. The summed E-state index contributed by atoms with van der Waals surface area (Å²) in [5, 5.41) is 3.25. The Hall–Kier alpha value is -2.41. The number of nitrogens with one attached hydrogen (secondary N) is 1. The van der Waals surface area contributed by atoms with Crippen molar-refractivity contribution in [3.05, 3.63) is 59.1 Å². The van der Waals surface area contributed by atoms with Crippen LogP contribution in [0.15, 0.2) is 48.5 Å². The molecule has 2 rings (SSSR count). The third-order valence-corrected chi connectivity index (χ3v) is 3.43. The van der Waals surface area contributed by atoms with E-state index in [1.807, 2.05) is 0 Å². The molecule has 0 saturated heterocycles. The summed E-state index contributed by atoms with van der Waals surface area (Å²) in [6, 6.07) is 11.4. The van der Waals surface area contributed by atoms with Crippen molar-refractivity contribution in [1.82, 2.24) is 5.32 Å². The lowest BCUT2D eigenvalue weighted by molar-refractivity contribution is -0.274. The predicted molar refractivity (Wildman–Crippen MR) is 86.6 cm³/mol. The number of alkyl halides is 3. The van der Waals surface area contributed by atoms with Crippen LogP contribution in [0.5, 0.6) is 11.5 Å². The van der Waals surface area contributed by atoms with Gasteiger partial charge in [-0.3, -0.25) is 4.79 Å². The van der Waals surface area contributed by atoms with Crippen LogP contribution in [0.2, 0.25) is 5.02 Å². The Bertz CT molecular complexity index is 703. The van der Waals surface area contributed by atoms with E-state index in [0.717, 1.165) is 0 Å². The lowest BCUT2D eigenvalue weighted by Crippen LogP contribution is -2.31. The maximum Gasteiger partial charge on any atom is 0.573 e. The lowest BCUT2D eigenvalue weighted by atomic mass is 10.1. The van der Waals surface area contributed by atoms with E-state index in [1.165, 1.54) is 24.3 Å². The third kappa shape index (κ3) is 6.54. The Labute approximate surface area is 147 Å². The molecule has 0 aliphatic rings. The first-order chi connectivity index (χ1) is 11.7. The minimum absolute atomic E-state index is 0.193. The second-order valence-electron chi connectivity index (χ2n) is 5.15. The van der Waals surface area contributed by atoms with E-state index in [4.69, 9.17) is 16.3 Å². The molecule has 25 heavy (non-hydrogen) atoms. The molecule has 0 heterocycles. The minimum atomic E-state index is -4.74. The van der Waals surface area contributed by atoms with E-state index < -0.39 is 12.4 Å². The van der Waals surface area contributed by atoms with Crippen molar-refractivity contribution in [2.24, 2.45) is 0 Å². The molecular weight excluding hydrogens is 359 g/mol. The average molecular weight is 374 g/mol. The minimum Gasteiger partial charge on any atom is -0.484 e. The van der Waals surface area contributed by atoms with Gasteiger partial charge in [-0.15, -0.1) is 13.2 Å². The molecule has 2 aromatic carbocycles. The van der Waals surface area contributed by atoms with Crippen molar-refractivity contribution < 1.29 is 27.4 Å². The van der Waals surface area contributed by atoms with Crippen molar-refractivity contribution in [2.45, 2.75) is 19.3 Å². The van der Waals surface area contributed by atoms with Crippen molar-refractivity contribution in [1.29, 1.82) is 0 Å². The topological polar surface area (TPSA) is 47.6 Å². The van der Waals surface area contributed by atoms with Gasteiger partial charge >= 0.3 is 6.36 Å². The Balaban J connectivity index is 1.84. The number of halogens is 4. The number of amides is 1. The SMILES string of the molecule is CC(NC(=O)COc1ccc(Cl)cc1)c1ccc(OC(F)(F)F)cc1. The number of carbonyl (C=O) groups is 1. The van der Waals surface area contributed by atoms with Crippen LogP contribution in [0.25, 0.3) is 0 Å². The molecule has 1 unspecified atom stereocenters. The van der Waals surface area contributed by atoms with Gasteiger partial charge in [-0.1, -0.05) is 23.7 Å². The third-order valence-electron chi connectivity index (χ3n) is 3.17. The maximum absolute atomic E-state index is 12.1. The molecule has 1 amide bonds. The Morgan fingerprint density at radius 1 is 1.08 bits per heavy atom. The molecule has 0 fully saturated rings. The van der Waals surface area contributed by atoms with E-state index in [0.29, 0.717) is 16.3 Å². The quantitative estimate of drug-likeness (QED) is 0.811. The Morgan fingerprint density at radius 3 is 2.20 bits per heavy atom. The molecule has 0 aliphatic heterocycles. The van der Waals surface area contributed by atoms with Crippen LogP contribution in [0, 0.1) is 0 Å². The number of ether oxygens (including phenoxy) is 2. The predicted octanol–water partition coefficient (Wildman–Crippen LogP) is 4.49. The number of hydrogen-bond donors (Lipinski definition) is 1. The Morgan fingerprint density at radius 2 is 1.64 bits per heavy atom. The highest BCUT2D eigenvalue weighted by molar-refractivity contribution is 6.30. The molecule has 1 atom stereocenters. The monoisotopic (exact) mass is 373 g/mol. The van der Waals surface area contributed by atoms with Gasteiger partial charge in [-0.2, -0.15) is 0 Å². The molecule has 0 spiro atoms. The van der Waals surface area contributed by atoms with Crippen LogP contribution >= 0.6 is 11.6 Å². The van der Waals surface area contributed by atoms with E-state index >= 15 is 0 Å². The van der Waals surface area contributed by atoms with Gasteiger partial charge in [-0.05, 0) is 48.9 Å². The van der Waals surface area contributed by atoms with Crippen LogP contribution < -0.4 is 14.8 Å². The molecule has 4 nitrogen and oxygen atoms in total. The Kier molecular flexibility index (Phi) is 6.14. The van der Waals surface area contributed by atoms with Crippen molar-refractivity contribution >= 4 is 17.5 Å². The van der Waals surface area contributed by atoms with Crippen molar-refractivity contribution in [3.8, 4) is 11.5 Å². The van der Waals surface area contributed by atoms with Crippen molar-refractivity contribution in [2.75, 3.05) is 6.61 Å². The zero-order valence-corrected chi connectivity index (χ0v) is 13.9. The molecule has 0 saturated carbocycles. The number of hydrogen-bond acceptors (Lipinski definition) is 3. The van der Waals surface area contributed by atoms with Crippen LogP contribution in [0.4, 0.5) is 13.2 Å².